The molecule has 2 amide bonds. The Morgan fingerprint density at radius 3 is 2.55 bits per heavy atom. The molecule has 0 aliphatic heterocycles. The number of hydrogen-bond acceptors (Lipinski definition) is 4. The van der Waals surface area contributed by atoms with Crippen LogP contribution in [0.2, 0.25) is 0 Å². The van der Waals surface area contributed by atoms with E-state index in [1.54, 1.807) is 25.1 Å². The third-order valence-electron chi connectivity index (χ3n) is 3.00. The molecular formula is C16H22N2O4. The second-order valence-electron chi connectivity index (χ2n) is 5.02. The number of anilines is 1. The zero-order chi connectivity index (χ0) is 16.7. The summed E-state index contributed by atoms with van der Waals surface area (Å²) in [6.45, 7) is 7.12. The molecular weight excluding hydrogens is 284 g/mol. The molecule has 1 aromatic carbocycles. The largest absolute Gasteiger partial charge is 0.449 e. The third kappa shape index (κ3) is 4.87. The van der Waals surface area contributed by atoms with E-state index in [1.165, 1.54) is 13.8 Å². The van der Waals surface area contributed by atoms with Crippen molar-refractivity contribution < 1.29 is 19.1 Å². The van der Waals surface area contributed by atoms with Crippen molar-refractivity contribution in [2.75, 3.05) is 11.9 Å². The van der Waals surface area contributed by atoms with E-state index < -0.39 is 12.1 Å². The van der Waals surface area contributed by atoms with E-state index in [-0.39, 0.29) is 17.4 Å². The first-order chi connectivity index (χ1) is 10.4. The average Bonchev–Trinajstić information content (AvgIpc) is 2.46. The first-order valence-corrected chi connectivity index (χ1v) is 7.22. The molecule has 1 aromatic rings. The Kier molecular flexibility index (Phi) is 6.56. The Morgan fingerprint density at radius 1 is 1.27 bits per heavy atom. The van der Waals surface area contributed by atoms with Crippen molar-refractivity contribution in [1.29, 1.82) is 0 Å². The molecule has 22 heavy (non-hydrogen) atoms. The molecule has 0 aromatic heterocycles. The lowest BCUT2D eigenvalue weighted by Gasteiger charge is -2.16. The van der Waals surface area contributed by atoms with Gasteiger partial charge in [0.1, 0.15) is 0 Å². The van der Waals surface area contributed by atoms with Crippen LogP contribution in [-0.4, -0.2) is 30.4 Å². The summed E-state index contributed by atoms with van der Waals surface area (Å²) in [4.78, 5) is 35.2. The number of hydrogen-bond donors (Lipinski definition) is 2. The quantitative estimate of drug-likeness (QED) is 0.788. The van der Waals surface area contributed by atoms with Crippen molar-refractivity contribution in [2.24, 2.45) is 0 Å². The van der Waals surface area contributed by atoms with Gasteiger partial charge >= 0.3 is 5.97 Å². The number of ether oxygens (including phenoxy) is 1. The molecule has 6 nitrogen and oxygen atoms in total. The highest BCUT2D eigenvalue weighted by atomic mass is 16.5. The molecule has 0 bridgehead atoms. The van der Waals surface area contributed by atoms with E-state index in [4.69, 9.17) is 4.74 Å². The molecule has 1 unspecified atom stereocenters. The van der Waals surface area contributed by atoms with Gasteiger partial charge in [0.2, 0.25) is 5.91 Å². The number of para-hydroxylation sites is 1. The summed E-state index contributed by atoms with van der Waals surface area (Å²) in [6.07, 6.45) is -0.0958. The third-order valence-corrected chi connectivity index (χ3v) is 3.00. The maximum Gasteiger partial charge on any atom is 0.341 e. The Morgan fingerprint density at radius 2 is 1.95 bits per heavy atom. The number of rotatable bonds is 6. The Hall–Kier alpha value is -2.37. The van der Waals surface area contributed by atoms with Gasteiger partial charge in [-0.05, 0) is 31.9 Å². The van der Waals surface area contributed by atoms with E-state index in [0.29, 0.717) is 12.2 Å². The Labute approximate surface area is 130 Å². The molecule has 0 fully saturated rings. The van der Waals surface area contributed by atoms with E-state index in [0.717, 1.165) is 12.0 Å². The molecule has 1 atom stereocenters. The molecule has 2 N–H and O–H groups in total. The van der Waals surface area contributed by atoms with Gasteiger partial charge in [0.25, 0.3) is 5.91 Å². The SMILES string of the molecule is CCCNC(=O)C(C)OC(=O)c1cccc(C)c1NC(C)=O. The van der Waals surface area contributed by atoms with Crippen molar-refractivity contribution in [3.63, 3.8) is 0 Å². The van der Waals surface area contributed by atoms with Crippen LogP contribution in [0.1, 0.15) is 43.1 Å². The van der Waals surface area contributed by atoms with Crippen LogP contribution in [0.3, 0.4) is 0 Å². The predicted octanol–water partition coefficient (Wildman–Crippen LogP) is 2.02. The highest BCUT2D eigenvalue weighted by molar-refractivity contribution is 6.02. The molecule has 0 heterocycles. The minimum Gasteiger partial charge on any atom is -0.449 e. The maximum absolute atomic E-state index is 12.2. The highest BCUT2D eigenvalue weighted by Gasteiger charge is 2.21. The molecule has 0 saturated heterocycles. The first-order valence-electron chi connectivity index (χ1n) is 7.22. The normalized spacial score (nSPS) is 11.5. The van der Waals surface area contributed by atoms with E-state index in [2.05, 4.69) is 10.6 Å². The lowest BCUT2D eigenvalue weighted by Crippen LogP contribution is -2.36. The summed E-state index contributed by atoms with van der Waals surface area (Å²) in [7, 11) is 0. The fourth-order valence-corrected chi connectivity index (χ4v) is 1.85. The van der Waals surface area contributed by atoms with Gasteiger partial charge in [-0.1, -0.05) is 19.1 Å². The molecule has 120 valence electrons. The smallest absolute Gasteiger partial charge is 0.341 e. The second kappa shape index (κ2) is 8.17. The van der Waals surface area contributed by atoms with Gasteiger partial charge in [0.15, 0.2) is 6.10 Å². The van der Waals surface area contributed by atoms with Crippen molar-refractivity contribution >= 4 is 23.5 Å². The summed E-state index contributed by atoms with van der Waals surface area (Å²) in [5.41, 5.74) is 1.37. The zero-order valence-corrected chi connectivity index (χ0v) is 13.4. The van der Waals surface area contributed by atoms with Crippen molar-refractivity contribution in [2.45, 2.75) is 40.2 Å². The summed E-state index contributed by atoms with van der Waals surface area (Å²) >= 11 is 0. The standard InChI is InChI=1S/C16H22N2O4/c1-5-9-17-15(20)11(3)22-16(21)13-8-6-7-10(2)14(13)18-12(4)19/h6-8,11H,5,9H2,1-4H3,(H,17,20)(H,18,19). The number of aryl methyl sites for hydroxylation is 1. The molecule has 1 rings (SSSR count). The summed E-state index contributed by atoms with van der Waals surface area (Å²) in [6, 6.07) is 5.02. The van der Waals surface area contributed by atoms with Gasteiger partial charge in [-0.2, -0.15) is 0 Å². The first kappa shape index (κ1) is 17.7. The fourth-order valence-electron chi connectivity index (χ4n) is 1.85. The zero-order valence-electron chi connectivity index (χ0n) is 13.4. The molecule has 0 aliphatic carbocycles. The second-order valence-corrected chi connectivity index (χ2v) is 5.02. The summed E-state index contributed by atoms with van der Waals surface area (Å²) in [5.74, 6) is -1.27. The monoisotopic (exact) mass is 306 g/mol. The van der Waals surface area contributed by atoms with Gasteiger partial charge < -0.3 is 15.4 Å². The van der Waals surface area contributed by atoms with Crippen LogP contribution in [-0.2, 0) is 14.3 Å². The van der Waals surface area contributed by atoms with Gasteiger partial charge in [-0.25, -0.2) is 4.79 Å². The van der Waals surface area contributed by atoms with Crippen LogP contribution in [0.25, 0.3) is 0 Å². The van der Waals surface area contributed by atoms with Crippen LogP contribution in [0.5, 0.6) is 0 Å². The Bertz CT molecular complexity index is 569. The number of nitrogens with one attached hydrogen (secondary N) is 2. The van der Waals surface area contributed by atoms with E-state index in [9.17, 15) is 14.4 Å². The lowest BCUT2D eigenvalue weighted by molar-refractivity contribution is -0.129. The van der Waals surface area contributed by atoms with Crippen LogP contribution >= 0.6 is 0 Å². The number of benzene rings is 1. The van der Waals surface area contributed by atoms with Gasteiger partial charge in [-0.3, -0.25) is 9.59 Å². The molecule has 0 radical (unpaired) electrons. The van der Waals surface area contributed by atoms with Crippen LogP contribution in [0.4, 0.5) is 5.69 Å². The topological polar surface area (TPSA) is 84.5 Å². The van der Waals surface area contributed by atoms with Crippen molar-refractivity contribution in [1.82, 2.24) is 5.32 Å². The van der Waals surface area contributed by atoms with Crippen LogP contribution < -0.4 is 10.6 Å². The van der Waals surface area contributed by atoms with Crippen molar-refractivity contribution in [3.05, 3.63) is 29.3 Å². The molecule has 0 aliphatic rings. The minimum atomic E-state index is -0.898. The number of carbonyl (C=O) groups excluding carboxylic acids is 3. The van der Waals surface area contributed by atoms with E-state index in [1.807, 2.05) is 6.92 Å². The van der Waals surface area contributed by atoms with Gasteiger partial charge in [0, 0.05) is 13.5 Å². The maximum atomic E-state index is 12.2. The number of esters is 1. The van der Waals surface area contributed by atoms with E-state index >= 15 is 0 Å². The Balaban J connectivity index is 2.87. The van der Waals surface area contributed by atoms with Crippen LogP contribution in [0, 0.1) is 6.92 Å². The van der Waals surface area contributed by atoms with Crippen molar-refractivity contribution in [3.8, 4) is 0 Å². The minimum absolute atomic E-state index is 0.227. The summed E-state index contributed by atoms with van der Waals surface area (Å²) < 4.78 is 5.17. The number of amides is 2. The molecule has 0 saturated carbocycles. The average molecular weight is 306 g/mol. The van der Waals surface area contributed by atoms with Gasteiger partial charge in [-0.15, -0.1) is 0 Å². The van der Waals surface area contributed by atoms with Gasteiger partial charge in [0.05, 0.1) is 11.3 Å². The summed E-state index contributed by atoms with van der Waals surface area (Å²) in [5, 5.41) is 5.28. The number of carbonyl (C=O) groups is 3. The fraction of sp³-hybridized carbons (Fsp3) is 0.438. The lowest BCUT2D eigenvalue weighted by atomic mass is 10.1. The molecule has 6 heteroatoms. The van der Waals surface area contributed by atoms with Crippen LogP contribution in [0.15, 0.2) is 18.2 Å². The highest BCUT2D eigenvalue weighted by Crippen LogP contribution is 2.22. The molecule has 0 spiro atoms. The predicted molar refractivity (Wildman–Crippen MR) is 83.7 cm³/mol.